The third kappa shape index (κ3) is 5.06. The molecule has 17 heavy (non-hydrogen) atoms. The maximum Gasteiger partial charge on any atom is 0.0638 e. The molecule has 2 unspecified atom stereocenters. The number of rotatable bonds is 4. The first-order chi connectivity index (χ1) is 8.02. The molecule has 0 saturated carbocycles. The van der Waals surface area contributed by atoms with Crippen LogP contribution in [0.5, 0.6) is 0 Å². The Morgan fingerprint density at radius 3 is 2.59 bits per heavy atom. The summed E-state index contributed by atoms with van der Waals surface area (Å²) in [5.74, 6) is 1.45. The molecule has 2 atom stereocenters. The van der Waals surface area contributed by atoms with Crippen LogP contribution in [0.25, 0.3) is 0 Å². The van der Waals surface area contributed by atoms with Crippen molar-refractivity contribution in [3.63, 3.8) is 0 Å². The first-order valence-electron chi connectivity index (χ1n) is 6.82. The van der Waals surface area contributed by atoms with E-state index in [0.717, 1.165) is 32.1 Å². The maximum atomic E-state index is 8.96. The zero-order chi connectivity index (χ0) is 12.8. The van der Waals surface area contributed by atoms with Gasteiger partial charge in [-0.15, -0.1) is 0 Å². The monoisotopic (exact) mass is 237 g/mol. The highest BCUT2D eigenvalue weighted by Crippen LogP contribution is 2.17. The predicted molar refractivity (Wildman–Crippen MR) is 71.7 cm³/mol. The lowest BCUT2D eigenvalue weighted by Gasteiger charge is -2.30. The second kappa shape index (κ2) is 6.98. The fraction of sp³-hybridized carbons (Fsp3) is 0.929. The molecule has 0 aromatic heterocycles. The van der Waals surface area contributed by atoms with Crippen molar-refractivity contribution >= 4 is 0 Å². The zero-order valence-corrected chi connectivity index (χ0v) is 11.8. The van der Waals surface area contributed by atoms with Crippen molar-refractivity contribution in [2.24, 2.45) is 11.8 Å². The molecule has 0 N–H and O–H groups in total. The summed E-state index contributed by atoms with van der Waals surface area (Å²) in [4.78, 5) is 4.92. The highest BCUT2D eigenvalue weighted by molar-refractivity contribution is 4.88. The molecular weight excluding hydrogens is 210 g/mol. The SMILES string of the molecule is CC(C)CCN1CC(C)CN(C)CC1CC#N. The highest BCUT2D eigenvalue weighted by Gasteiger charge is 2.26. The topological polar surface area (TPSA) is 30.3 Å². The molecule has 0 aromatic rings. The Morgan fingerprint density at radius 1 is 1.29 bits per heavy atom. The first kappa shape index (κ1) is 14.5. The van der Waals surface area contributed by atoms with E-state index in [1.165, 1.54) is 6.42 Å². The van der Waals surface area contributed by atoms with Gasteiger partial charge in [0, 0.05) is 25.7 Å². The van der Waals surface area contributed by atoms with Crippen LogP contribution in [0.4, 0.5) is 0 Å². The van der Waals surface area contributed by atoms with E-state index < -0.39 is 0 Å². The number of hydrogen-bond donors (Lipinski definition) is 0. The summed E-state index contributed by atoms with van der Waals surface area (Å²) in [6.07, 6.45) is 1.90. The molecule has 98 valence electrons. The maximum absolute atomic E-state index is 8.96. The number of nitriles is 1. The Hall–Kier alpha value is -0.590. The van der Waals surface area contributed by atoms with Crippen LogP contribution in [0.3, 0.4) is 0 Å². The minimum Gasteiger partial charge on any atom is -0.304 e. The van der Waals surface area contributed by atoms with Gasteiger partial charge in [-0.25, -0.2) is 0 Å². The van der Waals surface area contributed by atoms with Crippen LogP contribution in [-0.4, -0.2) is 49.1 Å². The largest absolute Gasteiger partial charge is 0.304 e. The van der Waals surface area contributed by atoms with Crippen molar-refractivity contribution in [2.75, 3.05) is 33.2 Å². The minimum absolute atomic E-state index is 0.425. The van der Waals surface area contributed by atoms with Crippen molar-refractivity contribution in [3.05, 3.63) is 0 Å². The molecule has 3 nitrogen and oxygen atoms in total. The summed E-state index contributed by atoms with van der Waals surface area (Å²) in [7, 11) is 2.17. The molecule has 0 aromatic carbocycles. The molecule has 1 heterocycles. The molecule has 1 fully saturated rings. The Bertz CT molecular complexity index is 257. The van der Waals surface area contributed by atoms with E-state index >= 15 is 0 Å². The smallest absolute Gasteiger partial charge is 0.0638 e. The number of hydrogen-bond acceptors (Lipinski definition) is 3. The van der Waals surface area contributed by atoms with Crippen LogP contribution in [0.15, 0.2) is 0 Å². The van der Waals surface area contributed by atoms with Gasteiger partial charge < -0.3 is 4.90 Å². The van der Waals surface area contributed by atoms with Gasteiger partial charge >= 0.3 is 0 Å². The van der Waals surface area contributed by atoms with Crippen molar-refractivity contribution in [2.45, 2.75) is 39.7 Å². The quantitative estimate of drug-likeness (QED) is 0.751. The highest BCUT2D eigenvalue weighted by atomic mass is 15.2. The molecular formula is C14H27N3. The molecule has 0 bridgehead atoms. The van der Waals surface area contributed by atoms with Gasteiger partial charge in [-0.05, 0) is 31.8 Å². The van der Waals surface area contributed by atoms with Crippen molar-refractivity contribution < 1.29 is 0 Å². The molecule has 1 aliphatic rings. The predicted octanol–water partition coefficient (Wildman–Crippen LogP) is 2.20. The average molecular weight is 237 g/mol. The number of likely N-dealkylation sites (N-methyl/N-ethyl adjacent to an activating group) is 1. The van der Waals surface area contributed by atoms with E-state index in [2.05, 4.69) is 43.7 Å². The normalized spacial score (nSPS) is 28.0. The van der Waals surface area contributed by atoms with Crippen molar-refractivity contribution in [1.29, 1.82) is 5.26 Å². The van der Waals surface area contributed by atoms with Crippen LogP contribution in [0.2, 0.25) is 0 Å². The van der Waals surface area contributed by atoms with Gasteiger partial charge in [-0.3, -0.25) is 4.90 Å². The Labute approximate surface area is 106 Å². The molecule has 0 spiro atoms. The minimum atomic E-state index is 0.425. The summed E-state index contributed by atoms with van der Waals surface area (Å²) in [5, 5.41) is 8.96. The summed E-state index contributed by atoms with van der Waals surface area (Å²) in [6.45, 7) is 11.3. The lowest BCUT2D eigenvalue weighted by Crippen LogP contribution is -2.41. The van der Waals surface area contributed by atoms with E-state index in [-0.39, 0.29) is 0 Å². The molecule has 1 rings (SSSR count). The molecule has 1 saturated heterocycles. The Morgan fingerprint density at radius 2 is 2.00 bits per heavy atom. The van der Waals surface area contributed by atoms with Gasteiger partial charge in [0.05, 0.1) is 12.5 Å². The van der Waals surface area contributed by atoms with Gasteiger partial charge in [0.2, 0.25) is 0 Å². The Balaban J connectivity index is 2.62. The lowest BCUT2D eigenvalue weighted by atomic mass is 10.1. The number of nitrogens with zero attached hydrogens (tertiary/aromatic N) is 3. The summed E-state index contributed by atoms with van der Waals surface area (Å²) in [5.41, 5.74) is 0. The molecule has 3 heteroatoms. The van der Waals surface area contributed by atoms with E-state index in [0.29, 0.717) is 18.4 Å². The van der Waals surface area contributed by atoms with E-state index in [9.17, 15) is 0 Å². The van der Waals surface area contributed by atoms with Gasteiger partial charge in [0.15, 0.2) is 0 Å². The fourth-order valence-electron chi connectivity index (χ4n) is 2.69. The van der Waals surface area contributed by atoms with Gasteiger partial charge in [0.1, 0.15) is 0 Å². The van der Waals surface area contributed by atoms with Gasteiger partial charge in [-0.1, -0.05) is 20.8 Å². The standard InChI is InChI=1S/C14H27N3/c1-12(2)6-8-17-10-13(3)9-16(4)11-14(17)5-7-15/h12-14H,5-6,8-11H2,1-4H3. The van der Waals surface area contributed by atoms with E-state index in [1.54, 1.807) is 0 Å². The first-order valence-corrected chi connectivity index (χ1v) is 6.82. The third-order valence-corrected chi connectivity index (χ3v) is 3.53. The second-order valence-corrected chi connectivity index (χ2v) is 6.02. The van der Waals surface area contributed by atoms with Crippen molar-refractivity contribution in [3.8, 4) is 6.07 Å². The molecule has 1 aliphatic heterocycles. The van der Waals surface area contributed by atoms with Crippen LogP contribution >= 0.6 is 0 Å². The van der Waals surface area contributed by atoms with Crippen LogP contribution < -0.4 is 0 Å². The van der Waals surface area contributed by atoms with E-state index in [1.807, 2.05) is 0 Å². The fourth-order valence-corrected chi connectivity index (χ4v) is 2.69. The second-order valence-electron chi connectivity index (χ2n) is 6.02. The van der Waals surface area contributed by atoms with Crippen LogP contribution in [0, 0.1) is 23.2 Å². The van der Waals surface area contributed by atoms with Crippen LogP contribution in [0.1, 0.15) is 33.6 Å². The third-order valence-electron chi connectivity index (χ3n) is 3.53. The van der Waals surface area contributed by atoms with Crippen molar-refractivity contribution in [1.82, 2.24) is 9.80 Å². The average Bonchev–Trinajstić information content (AvgIpc) is 2.35. The summed E-state index contributed by atoms with van der Waals surface area (Å²) >= 11 is 0. The summed E-state index contributed by atoms with van der Waals surface area (Å²) < 4.78 is 0. The zero-order valence-electron chi connectivity index (χ0n) is 11.8. The summed E-state index contributed by atoms with van der Waals surface area (Å²) in [6, 6.07) is 2.77. The van der Waals surface area contributed by atoms with Crippen LogP contribution in [-0.2, 0) is 0 Å². The molecule has 0 radical (unpaired) electrons. The van der Waals surface area contributed by atoms with Gasteiger partial charge in [-0.2, -0.15) is 5.26 Å². The van der Waals surface area contributed by atoms with E-state index in [4.69, 9.17) is 5.26 Å². The van der Waals surface area contributed by atoms with Gasteiger partial charge in [0.25, 0.3) is 0 Å². The molecule has 0 aliphatic carbocycles. The molecule has 0 amide bonds. The Kier molecular flexibility index (Phi) is 5.94. The lowest BCUT2D eigenvalue weighted by molar-refractivity contribution is 0.175.